The molecule has 2 aliphatic rings. The minimum atomic E-state index is -0.535. The molecule has 9 nitrogen and oxygen atoms in total. The number of benzene rings is 2. The smallest absolute Gasteiger partial charge is 0.410 e. The Hall–Kier alpha value is -4.37. The maximum absolute atomic E-state index is 12.9. The van der Waals surface area contributed by atoms with Crippen molar-refractivity contribution in [1.29, 1.82) is 0 Å². The summed E-state index contributed by atoms with van der Waals surface area (Å²) in [6.45, 7) is 9.57. The van der Waals surface area contributed by atoms with Gasteiger partial charge in [0.2, 0.25) is 0 Å². The first-order valence-corrected chi connectivity index (χ1v) is 15.7. The van der Waals surface area contributed by atoms with E-state index in [0.717, 1.165) is 82.1 Å². The van der Waals surface area contributed by atoms with Crippen LogP contribution < -0.4 is 0 Å². The maximum Gasteiger partial charge on any atom is 0.410 e. The van der Waals surface area contributed by atoms with E-state index in [1.165, 1.54) is 12.0 Å². The fraction of sp³-hybridized carbons (Fsp3) is 0.400. The van der Waals surface area contributed by atoms with Gasteiger partial charge < -0.3 is 19.7 Å². The molecular formula is C35H41N7O2. The number of aromatic nitrogens is 5. The Bertz CT molecular complexity index is 1810. The van der Waals surface area contributed by atoms with E-state index < -0.39 is 5.60 Å². The van der Waals surface area contributed by atoms with E-state index in [0.29, 0.717) is 12.6 Å². The summed E-state index contributed by atoms with van der Waals surface area (Å²) in [6.07, 6.45) is 7.69. The first-order chi connectivity index (χ1) is 21.1. The predicted molar refractivity (Wildman–Crippen MR) is 173 cm³/mol. The molecule has 2 unspecified atom stereocenters. The molecule has 228 valence electrons. The van der Waals surface area contributed by atoms with Crippen LogP contribution in [-0.4, -0.2) is 66.6 Å². The van der Waals surface area contributed by atoms with E-state index in [4.69, 9.17) is 14.7 Å². The highest BCUT2D eigenvalue weighted by molar-refractivity contribution is 6.03. The van der Waals surface area contributed by atoms with Gasteiger partial charge in [-0.2, -0.15) is 0 Å². The van der Waals surface area contributed by atoms with Crippen molar-refractivity contribution in [2.24, 2.45) is 0 Å². The topological polar surface area (TPSA) is 106 Å². The molecule has 2 saturated heterocycles. The Morgan fingerprint density at radius 2 is 1.48 bits per heavy atom. The van der Waals surface area contributed by atoms with Crippen molar-refractivity contribution in [3.63, 3.8) is 0 Å². The summed E-state index contributed by atoms with van der Waals surface area (Å²) in [6, 6.07) is 15.5. The van der Waals surface area contributed by atoms with Gasteiger partial charge in [-0.3, -0.25) is 9.80 Å². The molecule has 44 heavy (non-hydrogen) atoms. The quantitative estimate of drug-likeness (QED) is 0.194. The number of rotatable bonds is 5. The van der Waals surface area contributed by atoms with E-state index in [2.05, 4.69) is 76.3 Å². The summed E-state index contributed by atoms with van der Waals surface area (Å²) in [5.74, 6) is 1.85. The minimum absolute atomic E-state index is 0.123. The minimum Gasteiger partial charge on any atom is -0.444 e. The Balaban J connectivity index is 1.15. The van der Waals surface area contributed by atoms with Crippen molar-refractivity contribution < 1.29 is 9.53 Å². The van der Waals surface area contributed by atoms with Crippen LogP contribution in [0.25, 0.3) is 44.5 Å². The number of nitrogens with zero attached hydrogens (tertiary/aromatic N) is 4. The number of amides is 1. The molecule has 9 heteroatoms. The number of carbonyl (C=O) groups excluding carboxylic acids is 1. The number of aromatic amines is 3. The highest BCUT2D eigenvalue weighted by Gasteiger charge is 2.35. The Morgan fingerprint density at radius 3 is 2.20 bits per heavy atom. The number of hydrogen-bond acceptors (Lipinski definition) is 5. The highest BCUT2D eigenvalue weighted by atomic mass is 16.6. The number of carbonyl (C=O) groups is 1. The zero-order valence-electron chi connectivity index (χ0n) is 26.2. The third-order valence-corrected chi connectivity index (χ3v) is 8.95. The van der Waals surface area contributed by atoms with Gasteiger partial charge in [-0.1, -0.05) is 36.4 Å². The molecule has 0 saturated carbocycles. The largest absolute Gasteiger partial charge is 0.444 e. The number of nitrogens with one attached hydrogen (secondary N) is 3. The number of imidazole rings is 2. The SMILES string of the molecule is Cc1cc2c(-c3ccc(-c4cnc(C5CCCN5C)[nH]4)cc3)ccc(-c3cnc(C4CCCN4C(=O)OC(C)(C)C)[nH]3)c2[nH]1. The van der Waals surface area contributed by atoms with Crippen molar-refractivity contribution in [3.05, 3.63) is 72.2 Å². The van der Waals surface area contributed by atoms with Crippen molar-refractivity contribution in [2.75, 3.05) is 20.1 Å². The lowest BCUT2D eigenvalue weighted by molar-refractivity contribution is 0.0218. The molecule has 2 aromatic carbocycles. The van der Waals surface area contributed by atoms with Crippen LogP contribution in [0.3, 0.4) is 0 Å². The molecule has 2 fully saturated rings. The Labute approximate surface area is 258 Å². The lowest BCUT2D eigenvalue weighted by Crippen LogP contribution is -2.36. The fourth-order valence-electron chi connectivity index (χ4n) is 6.80. The van der Waals surface area contributed by atoms with Crippen LogP contribution in [0.4, 0.5) is 4.79 Å². The molecule has 1 amide bonds. The second kappa shape index (κ2) is 11.0. The predicted octanol–water partition coefficient (Wildman–Crippen LogP) is 7.76. The molecular weight excluding hydrogens is 550 g/mol. The van der Waals surface area contributed by atoms with E-state index in [9.17, 15) is 4.79 Å². The van der Waals surface area contributed by atoms with Crippen LogP contribution in [0.2, 0.25) is 0 Å². The maximum atomic E-state index is 12.9. The first kappa shape index (κ1) is 28.4. The average molecular weight is 592 g/mol. The molecule has 2 atom stereocenters. The zero-order valence-corrected chi connectivity index (χ0v) is 26.2. The number of fused-ring (bicyclic) bond motifs is 1. The van der Waals surface area contributed by atoms with Gasteiger partial charge in [0.25, 0.3) is 0 Å². The van der Waals surface area contributed by atoms with Crippen molar-refractivity contribution in [1.82, 2.24) is 34.7 Å². The molecule has 0 radical (unpaired) electrons. The van der Waals surface area contributed by atoms with E-state index in [-0.39, 0.29) is 12.1 Å². The average Bonchev–Trinajstić information content (AvgIpc) is 3.80. The molecule has 5 heterocycles. The van der Waals surface area contributed by atoms with E-state index in [1.807, 2.05) is 33.2 Å². The number of ether oxygens (including phenoxy) is 1. The second-order valence-electron chi connectivity index (χ2n) is 13.3. The van der Waals surface area contributed by atoms with Crippen LogP contribution >= 0.6 is 0 Å². The molecule has 0 aliphatic carbocycles. The Kier molecular flexibility index (Phi) is 7.08. The van der Waals surface area contributed by atoms with Gasteiger partial charge in [0.1, 0.15) is 17.2 Å². The summed E-state index contributed by atoms with van der Waals surface area (Å²) >= 11 is 0. The van der Waals surface area contributed by atoms with Crippen LogP contribution in [0.5, 0.6) is 0 Å². The van der Waals surface area contributed by atoms with Crippen LogP contribution in [-0.2, 0) is 4.74 Å². The highest BCUT2D eigenvalue weighted by Crippen LogP contribution is 2.38. The van der Waals surface area contributed by atoms with Gasteiger partial charge in [-0.15, -0.1) is 0 Å². The monoisotopic (exact) mass is 591 g/mol. The third kappa shape index (κ3) is 5.30. The van der Waals surface area contributed by atoms with Gasteiger partial charge >= 0.3 is 6.09 Å². The van der Waals surface area contributed by atoms with E-state index in [1.54, 1.807) is 4.90 Å². The first-order valence-electron chi connectivity index (χ1n) is 15.7. The summed E-state index contributed by atoms with van der Waals surface area (Å²) in [7, 11) is 2.17. The van der Waals surface area contributed by atoms with Gasteiger partial charge in [0.15, 0.2) is 0 Å². The lowest BCUT2D eigenvalue weighted by Gasteiger charge is -2.27. The third-order valence-electron chi connectivity index (χ3n) is 8.95. The van der Waals surface area contributed by atoms with Crippen molar-refractivity contribution >= 4 is 17.0 Å². The number of H-pyrrole nitrogens is 3. The summed E-state index contributed by atoms with van der Waals surface area (Å²) in [5.41, 5.74) is 8.10. The summed E-state index contributed by atoms with van der Waals surface area (Å²) in [5, 5.41) is 1.16. The van der Waals surface area contributed by atoms with Crippen LogP contribution in [0.1, 0.15) is 75.9 Å². The number of likely N-dealkylation sites (tertiary alicyclic amines) is 2. The second-order valence-corrected chi connectivity index (χ2v) is 13.3. The van der Waals surface area contributed by atoms with Crippen LogP contribution in [0, 0.1) is 6.92 Å². The summed E-state index contributed by atoms with van der Waals surface area (Å²) in [4.78, 5) is 37.2. The molecule has 5 aromatic rings. The molecule has 7 rings (SSSR count). The Morgan fingerprint density at radius 1 is 0.841 bits per heavy atom. The zero-order chi connectivity index (χ0) is 30.6. The van der Waals surface area contributed by atoms with Gasteiger partial charge in [0, 0.05) is 23.2 Å². The summed E-state index contributed by atoms with van der Waals surface area (Å²) < 4.78 is 5.67. The molecule has 0 bridgehead atoms. The molecule has 0 spiro atoms. The normalized spacial score (nSPS) is 19.3. The standard InChI is InChI=1S/C35H41N7O2/c1-21-18-26-24(22-10-12-23(13-11-22)27-19-36-32(39-27)29-8-6-16-41(29)5)14-15-25(31(26)38-21)28-20-37-33(40-28)30-9-7-17-42(30)34(43)44-35(2,3)4/h10-15,18-20,29-30,38H,6-9,16-17H2,1-5H3,(H,36,39)(H,37,40). The van der Waals surface area contributed by atoms with Crippen LogP contribution in [0.15, 0.2) is 54.9 Å². The van der Waals surface area contributed by atoms with E-state index >= 15 is 0 Å². The molecule has 2 aliphatic heterocycles. The van der Waals surface area contributed by atoms with Gasteiger partial charge in [-0.25, -0.2) is 14.8 Å². The fourth-order valence-corrected chi connectivity index (χ4v) is 6.80. The van der Waals surface area contributed by atoms with Gasteiger partial charge in [0.05, 0.1) is 41.4 Å². The van der Waals surface area contributed by atoms with Gasteiger partial charge in [-0.05, 0) is 89.7 Å². The lowest BCUT2D eigenvalue weighted by atomic mass is 9.97. The van der Waals surface area contributed by atoms with Crippen molar-refractivity contribution in [3.8, 4) is 33.6 Å². The number of hydrogen-bond donors (Lipinski definition) is 3. The van der Waals surface area contributed by atoms with Crippen molar-refractivity contribution in [2.45, 2.75) is 71.1 Å². The number of aryl methyl sites for hydroxylation is 1. The molecule has 3 N–H and O–H groups in total. The molecule has 3 aromatic heterocycles.